The van der Waals surface area contributed by atoms with Crippen molar-refractivity contribution in [3.05, 3.63) is 41.5 Å². The molecule has 0 atom stereocenters. The van der Waals surface area contributed by atoms with Crippen LogP contribution in [-0.4, -0.2) is 16.1 Å². The van der Waals surface area contributed by atoms with Gasteiger partial charge in [0.25, 0.3) is 0 Å². The summed E-state index contributed by atoms with van der Waals surface area (Å²) < 4.78 is 5.16. The molecule has 92 valence electrons. The maximum atomic E-state index is 10.7. The third-order valence-corrected chi connectivity index (χ3v) is 3.32. The van der Waals surface area contributed by atoms with Crippen LogP contribution in [0.2, 0.25) is 0 Å². The predicted octanol–water partition coefficient (Wildman–Crippen LogP) is 2.46. The molecule has 1 heterocycles. The predicted molar refractivity (Wildman–Crippen MR) is 65.3 cm³/mol. The fourth-order valence-electron chi connectivity index (χ4n) is 2.49. The average Bonchev–Trinajstić information content (AvgIpc) is 2.95. The molecule has 0 fully saturated rings. The third-order valence-electron chi connectivity index (χ3n) is 3.32. The first kappa shape index (κ1) is 11.0. The molecule has 0 saturated carbocycles. The van der Waals surface area contributed by atoms with Gasteiger partial charge in [-0.2, -0.15) is 0 Å². The molecule has 4 nitrogen and oxygen atoms in total. The van der Waals surface area contributed by atoms with Crippen molar-refractivity contribution >= 4 is 5.97 Å². The fraction of sp³-hybridized carbons (Fsp3) is 0.286. The number of aliphatic carboxylic acids is 1. The van der Waals surface area contributed by atoms with Crippen molar-refractivity contribution in [2.45, 2.75) is 25.7 Å². The van der Waals surface area contributed by atoms with Gasteiger partial charge in [-0.1, -0.05) is 12.1 Å². The van der Waals surface area contributed by atoms with E-state index in [1.165, 1.54) is 23.9 Å². The minimum absolute atomic E-state index is 0.133. The van der Waals surface area contributed by atoms with E-state index in [9.17, 15) is 4.79 Å². The summed E-state index contributed by atoms with van der Waals surface area (Å²) in [6.45, 7) is 0. The van der Waals surface area contributed by atoms with Gasteiger partial charge in [-0.25, -0.2) is 4.98 Å². The Bertz CT molecular complexity index is 601. The normalized spacial score (nSPS) is 13.6. The largest absolute Gasteiger partial charge is 0.481 e. The van der Waals surface area contributed by atoms with Crippen molar-refractivity contribution < 1.29 is 14.3 Å². The number of benzene rings is 1. The van der Waals surface area contributed by atoms with Crippen LogP contribution < -0.4 is 0 Å². The number of aromatic nitrogens is 1. The average molecular weight is 243 g/mol. The standard InChI is InChI=1S/C14H13NO3/c16-13(17)7-12-14(15-8-18-12)11-5-4-9-2-1-3-10(9)6-11/h4-6,8H,1-3,7H2,(H,16,17). The van der Waals surface area contributed by atoms with Gasteiger partial charge < -0.3 is 9.52 Å². The Labute approximate surface area is 104 Å². The molecule has 18 heavy (non-hydrogen) atoms. The van der Waals surface area contributed by atoms with Crippen LogP contribution >= 0.6 is 0 Å². The number of aryl methyl sites for hydroxylation is 2. The Morgan fingerprint density at radius 2 is 2.17 bits per heavy atom. The van der Waals surface area contributed by atoms with E-state index in [0.717, 1.165) is 18.4 Å². The Balaban J connectivity index is 1.99. The van der Waals surface area contributed by atoms with Gasteiger partial charge in [0.1, 0.15) is 17.9 Å². The van der Waals surface area contributed by atoms with Crippen LogP contribution in [0, 0.1) is 0 Å². The summed E-state index contributed by atoms with van der Waals surface area (Å²) in [5.41, 5.74) is 4.33. The van der Waals surface area contributed by atoms with Crippen LogP contribution in [0.3, 0.4) is 0 Å². The number of hydrogen-bond acceptors (Lipinski definition) is 3. The van der Waals surface area contributed by atoms with Gasteiger partial charge in [0.05, 0.1) is 0 Å². The molecule has 0 radical (unpaired) electrons. The van der Waals surface area contributed by atoms with E-state index < -0.39 is 5.97 Å². The van der Waals surface area contributed by atoms with Gasteiger partial charge >= 0.3 is 5.97 Å². The highest BCUT2D eigenvalue weighted by Gasteiger charge is 2.17. The van der Waals surface area contributed by atoms with Crippen LogP contribution in [0.1, 0.15) is 23.3 Å². The highest BCUT2D eigenvalue weighted by molar-refractivity contribution is 5.73. The molecule has 0 saturated heterocycles. The Kier molecular flexibility index (Phi) is 2.63. The van der Waals surface area contributed by atoms with Gasteiger partial charge in [-0.15, -0.1) is 0 Å². The first-order valence-corrected chi connectivity index (χ1v) is 6.00. The number of fused-ring (bicyclic) bond motifs is 1. The summed E-state index contributed by atoms with van der Waals surface area (Å²) in [5.74, 6) is -0.491. The van der Waals surface area contributed by atoms with Gasteiger partial charge in [0.2, 0.25) is 0 Å². The lowest BCUT2D eigenvalue weighted by molar-refractivity contribution is -0.136. The van der Waals surface area contributed by atoms with E-state index in [4.69, 9.17) is 9.52 Å². The van der Waals surface area contributed by atoms with Crippen molar-refractivity contribution in [3.63, 3.8) is 0 Å². The Morgan fingerprint density at radius 1 is 1.33 bits per heavy atom. The van der Waals surface area contributed by atoms with E-state index in [2.05, 4.69) is 17.1 Å². The van der Waals surface area contributed by atoms with Crippen LogP contribution in [0.15, 0.2) is 29.0 Å². The molecule has 1 aromatic carbocycles. The molecule has 1 aromatic heterocycles. The van der Waals surface area contributed by atoms with Crippen molar-refractivity contribution in [1.82, 2.24) is 4.98 Å². The third kappa shape index (κ3) is 1.90. The maximum absolute atomic E-state index is 10.7. The minimum Gasteiger partial charge on any atom is -0.481 e. The first-order valence-electron chi connectivity index (χ1n) is 6.00. The van der Waals surface area contributed by atoms with Crippen LogP contribution in [0.4, 0.5) is 0 Å². The fourth-order valence-corrected chi connectivity index (χ4v) is 2.49. The topological polar surface area (TPSA) is 63.3 Å². The smallest absolute Gasteiger partial charge is 0.311 e. The second-order valence-electron chi connectivity index (χ2n) is 4.53. The highest BCUT2D eigenvalue weighted by Crippen LogP contribution is 2.29. The zero-order chi connectivity index (χ0) is 12.5. The zero-order valence-corrected chi connectivity index (χ0v) is 9.85. The van der Waals surface area contributed by atoms with E-state index in [-0.39, 0.29) is 6.42 Å². The summed E-state index contributed by atoms with van der Waals surface area (Å²) in [6, 6.07) is 6.20. The number of carboxylic acids is 1. The molecule has 0 spiro atoms. The van der Waals surface area contributed by atoms with Crippen molar-refractivity contribution in [2.75, 3.05) is 0 Å². The molecular formula is C14H13NO3. The molecule has 4 heteroatoms. The summed E-state index contributed by atoms with van der Waals surface area (Å²) in [4.78, 5) is 14.9. The van der Waals surface area contributed by atoms with E-state index in [1.54, 1.807) is 0 Å². The SMILES string of the molecule is O=C(O)Cc1ocnc1-c1ccc2c(c1)CCC2. The quantitative estimate of drug-likeness (QED) is 0.899. The number of nitrogens with zero attached hydrogens (tertiary/aromatic N) is 1. The van der Waals surface area contributed by atoms with Gasteiger partial charge in [-0.05, 0) is 36.5 Å². The lowest BCUT2D eigenvalue weighted by Crippen LogP contribution is -2.00. The van der Waals surface area contributed by atoms with Crippen LogP contribution in [0.5, 0.6) is 0 Å². The molecule has 1 N–H and O–H groups in total. The minimum atomic E-state index is -0.908. The lowest BCUT2D eigenvalue weighted by atomic mass is 10.0. The van der Waals surface area contributed by atoms with Crippen molar-refractivity contribution in [2.24, 2.45) is 0 Å². The van der Waals surface area contributed by atoms with Crippen molar-refractivity contribution in [3.8, 4) is 11.3 Å². The number of hydrogen-bond donors (Lipinski definition) is 1. The summed E-state index contributed by atoms with van der Waals surface area (Å²) in [5, 5.41) is 8.82. The van der Waals surface area contributed by atoms with Gasteiger partial charge in [0, 0.05) is 5.56 Å². The van der Waals surface area contributed by atoms with Crippen LogP contribution in [0.25, 0.3) is 11.3 Å². The molecule has 0 unspecified atom stereocenters. The monoisotopic (exact) mass is 243 g/mol. The molecule has 2 aromatic rings. The molecule has 3 rings (SSSR count). The zero-order valence-electron chi connectivity index (χ0n) is 9.85. The molecule has 0 aliphatic heterocycles. The van der Waals surface area contributed by atoms with Gasteiger partial charge in [-0.3, -0.25) is 4.79 Å². The molecule has 0 bridgehead atoms. The Hall–Kier alpha value is -2.10. The second-order valence-corrected chi connectivity index (χ2v) is 4.53. The Morgan fingerprint density at radius 3 is 3.00 bits per heavy atom. The highest BCUT2D eigenvalue weighted by atomic mass is 16.4. The second kappa shape index (κ2) is 4.29. The molecule has 1 aliphatic rings. The number of rotatable bonds is 3. The number of oxazole rings is 1. The van der Waals surface area contributed by atoms with Crippen LogP contribution in [-0.2, 0) is 24.1 Å². The van der Waals surface area contributed by atoms with E-state index >= 15 is 0 Å². The number of carbonyl (C=O) groups is 1. The van der Waals surface area contributed by atoms with E-state index in [1.807, 2.05) is 6.07 Å². The van der Waals surface area contributed by atoms with Crippen molar-refractivity contribution in [1.29, 1.82) is 0 Å². The van der Waals surface area contributed by atoms with Gasteiger partial charge in [0.15, 0.2) is 6.39 Å². The maximum Gasteiger partial charge on any atom is 0.311 e. The molecular weight excluding hydrogens is 230 g/mol. The summed E-state index contributed by atoms with van der Waals surface area (Å²) in [6.07, 6.45) is 4.60. The first-order chi connectivity index (χ1) is 8.74. The van der Waals surface area contributed by atoms with E-state index in [0.29, 0.717) is 11.5 Å². The summed E-state index contributed by atoms with van der Waals surface area (Å²) >= 11 is 0. The summed E-state index contributed by atoms with van der Waals surface area (Å²) in [7, 11) is 0. The molecule has 0 amide bonds. The number of carboxylic acid groups (broad SMARTS) is 1. The molecule has 1 aliphatic carbocycles. The lowest BCUT2D eigenvalue weighted by Gasteiger charge is -2.03.